The maximum atomic E-state index is 11.6. The third-order valence-corrected chi connectivity index (χ3v) is 6.31. The van der Waals surface area contributed by atoms with Crippen LogP contribution in [0.2, 0.25) is 0 Å². The summed E-state index contributed by atoms with van der Waals surface area (Å²) in [5.74, 6) is 0.538. The van der Waals surface area contributed by atoms with Crippen LogP contribution < -0.4 is 5.32 Å². The highest BCUT2D eigenvalue weighted by molar-refractivity contribution is 7.91. The SMILES string of the molecule is CCNC(CCCS(=O)(=O)CC)C(C)(C)N1CCOCC1. The molecule has 0 bridgehead atoms. The summed E-state index contributed by atoms with van der Waals surface area (Å²) in [6, 6.07) is 0.299. The Kier molecular flexibility index (Phi) is 7.60. The van der Waals surface area contributed by atoms with Crippen molar-refractivity contribution in [2.75, 3.05) is 44.4 Å². The Bertz CT molecular complexity index is 390. The fourth-order valence-corrected chi connectivity index (χ4v) is 3.86. The standard InChI is InChI=1S/C15H32N2O3S/c1-5-16-14(8-7-13-21(18,19)6-2)15(3,4)17-9-11-20-12-10-17/h14,16H,5-13H2,1-4H3. The molecule has 1 rings (SSSR count). The normalized spacial score (nSPS) is 19.6. The van der Waals surface area contributed by atoms with E-state index in [9.17, 15) is 8.42 Å². The topological polar surface area (TPSA) is 58.6 Å². The van der Waals surface area contributed by atoms with Crippen LogP contribution in [0.25, 0.3) is 0 Å². The molecule has 1 unspecified atom stereocenters. The van der Waals surface area contributed by atoms with Crippen molar-refractivity contribution in [1.82, 2.24) is 10.2 Å². The molecule has 21 heavy (non-hydrogen) atoms. The van der Waals surface area contributed by atoms with Gasteiger partial charge in [-0.25, -0.2) is 8.42 Å². The molecule has 6 heteroatoms. The monoisotopic (exact) mass is 320 g/mol. The lowest BCUT2D eigenvalue weighted by molar-refractivity contribution is -0.0242. The molecule has 0 amide bonds. The van der Waals surface area contributed by atoms with Gasteiger partial charge in [0.1, 0.15) is 9.84 Å². The molecule has 5 nitrogen and oxygen atoms in total. The van der Waals surface area contributed by atoms with Crippen molar-refractivity contribution < 1.29 is 13.2 Å². The van der Waals surface area contributed by atoms with Crippen molar-refractivity contribution in [3.63, 3.8) is 0 Å². The Morgan fingerprint density at radius 3 is 2.38 bits per heavy atom. The van der Waals surface area contributed by atoms with E-state index in [1.807, 2.05) is 0 Å². The third-order valence-electron chi connectivity index (χ3n) is 4.52. The van der Waals surface area contributed by atoms with Gasteiger partial charge in [-0.2, -0.15) is 0 Å². The number of likely N-dealkylation sites (N-methyl/N-ethyl adjacent to an activating group) is 1. The van der Waals surface area contributed by atoms with Gasteiger partial charge in [0.15, 0.2) is 0 Å². The van der Waals surface area contributed by atoms with Gasteiger partial charge in [-0.3, -0.25) is 4.90 Å². The number of nitrogens with zero attached hydrogens (tertiary/aromatic N) is 1. The van der Waals surface area contributed by atoms with E-state index in [1.54, 1.807) is 6.92 Å². The van der Waals surface area contributed by atoms with Crippen LogP contribution in [0.4, 0.5) is 0 Å². The van der Waals surface area contributed by atoms with E-state index in [0.717, 1.165) is 45.7 Å². The molecule has 126 valence electrons. The molecular weight excluding hydrogens is 288 g/mol. The Morgan fingerprint density at radius 1 is 1.24 bits per heavy atom. The highest BCUT2D eigenvalue weighted by atomic mass is 32.2. The van der Waals surface area contributed by atoms with Gasteiger partial charge in [-0.1, -0.05) is 13.8 Å². The van der Waals surface area contributed by atoms with Gasteiger partial charge in [-0.15, -0.1) is 0 Å². The third kappa shape index (κ3) is 5.85. The van der Waals surface area contributed by atoms with Crippen LogP contribution in [0.1, 0.15) is 40.5 Å². The summed E-state index contributed by atoms with van der Waals surface area (Å²) in [6.07, 6.45) is 1.61. The molecule has 1 heterocycles. The average molecular weight is 320 g/mol. The Morgan fingerprint density at radius 2 is 1.86 bits per heavy atom. The number of ether oxygens (including phenoxy) is 1. The fourth-order valence-electron chi connectivity index (χ4n) is 2.96. The van der Waals surface area contributed by atoms with Crippen LogP contribution in [-0.4, -0.2) is 69.3 Å². The summed E-state index contributed by atoms with van der Waals surface area (Å²) in [4.78, 5) is 2.46. The van der Waals surface area contributed by atoms with E-state index >= 15 is 0 Å². The van der Waals surface area contributed by atoms with Crippen molar-refractivity contribution in [2.45, 2.75) is 52.1 Å². The molecule has 0 aromatic heterocycles. The first-order chi connectivity index (χ1) is 9.83. The van der Waals surface area contributed by atoms with E-state index < -0.39 is 9.84 Å². The van der Waals surface area contributed by atoms with Crippen molar-refractivity contribution in [2.24, 2.45) is 0 Å². The Balaban J connectivity index is 2.61. The summed E-state index contributed by atoms with van der Waals surface area (Å²) < 4.78 is 28.7. The van der Waals surface area contributed by atoms with Gasteiger partial charge < -0.3 is 10.1 Å². The molecule has 0 aliphatic carbocycles. The zero-order valence-corrected chi connectivity index (χ0v) is 14.8. The van der Waals surface area contributed by atoms with Gasteiger partial charge in [-0.05, 0) is 33.2 Å². The highest BCUT2D eigenvalue weighted by Gasteiger charge is 2.35. The molecule has 1 N–H and O–H groups in total. The van der Waals surface area contributed by atoms with Crippen LogP contribution in [0.15, 0.2) is 0 Å². The Labute approximate surface area is 130 Å². The molecule has 0 radical (unpaired) electrons. The van der Waals surface area contributed by atoms with Crippen LogP contribution in [-0.2, 0) is 14.6 Å². The number of nitrogens with one attached hydrogen (secondary N) is 1. The molecule has 0 aromatic carbocycles. The first-order valence-electron chi connectivity index (χ1n) is 8.10. The summed E-state index contributed by atoms with van der Waals surface area (Å²) in [6.45, 7) is 12.7. The van der Waals surface area contributed by atoms with E-state index in [0.29, 0.717) is 11.8 Å². The maximum absolute atomic E-state index is 11.6. The summed E-state index contributed by atoms with van der Waals surface area (Å²) in [5, 5.41) is 3.55. The smallest absolute Gasteiger partial charge is 0.150 e. The lowest BCUT2D eigenvalue weighted by Gasteiger charge is -2.46. The molecule has 0 aromatic rings. The quantitative estimate of drug-likeness (QED) is 0.694. The molecule has 0 spiro atoms. The van der Waals surface area contributed by atoms with Crippen molar-refractivity contribution in [3.8, 4) is 0 Å². The van der Waals surface area contributed by atoms with Crippen molar-refractivity contribution in [3.05, 3.63) is 0 Å². The maximum Gasteiger partial charge on any atom is 0.150 e. The average Bonchev–Trinajstić information content (AvgIpc) is 2.47. The van der Waals surface area contributed by atoms with Gasteiger partial charge >= 0.3 is 0 Å². The number of sulfone groups is 1. The second-order valence-corrected chi connectivity index (χ2v) is 8.71. The van der Waals surface area contributed by atoms with Crippen LogP contribution in [0.3, 0.4) is 0 Å². The minimum Gasteiger partial charge on any atom is -0.379 e. The number of rotatable bonds is 9. The lowest BCUT2D eigenvalue weighted by Crippen LogP contribution is -2.60. The molecule has 1 fully saturated rings. The molecular formula is C15H32N2O3S. The van der Waals surface area contributed by atoms with Gasteiger partial charge in [0.05, 0.1) is 19.0 Å². The van der Waals surface area contributed by atoms with E-state index in [2.05, 4.69) is 31.0 Å². The van der Waals surface area contributed by atoms with Gasteiger partial charge in [0, 0.05) is 30.4 Å². The second kappa shape index (κ2) is 8.46. The van der Waals surface area contributed by atoms with Crippen LogP contribution >= 0.6 is 0 Å². The van der Waals surface area contributed by atoms with E-state index in [1.165, 1.54) is 0 Å². The molecule has 1 aliphatic heterocycles. The van der Waals surface area contributed by atoms with Gasteiger partial charge in [0.2, 0.25) is 0 Å². The zero-order chi connectivity index (χ0) is 15.9. The summed E-state index contributed by atoms with van der Waals surface area (Å²) >= 11 is 0. The summed E-state index contributed by atoms with van der Waals surface area (Å²) in [7, 11) is -2.86. The van der Waals surface area contributed by atoms with Crippen LogP contribution in [0.5, 0.6) is 0 Å². The first kappa shape index (κ1) is 18.9. The number of hydrogen-bond donors (Lipinski definition) is 1. The molecule has 1 saturated heterocycles. The molecule has 1 aliphatic rings. The first-order valence-corrected chi connectivity index (χ1v) is 9.92. The zero-order valence-electron chi connectivity index (χ0n) is 14.0. The van der Waals surface area contributed by atoms with Crippen LogP contribution in [0, 0.1) is 0 Å². The number of hydrogen-bond acceptors (Lipinski definition) is 5. The van der Waals surface area contributed by atoms with Crippen molar-refractivity contribution >= 4 is 9.84 Å². The fraction of sp³-hybridized carbons (Fsp3) is 1.00. The highest BCUT2D eigenvalue weighted by Crippen LogP contribution is 2.23. The van der Waals surface area contributed by atoms with E-state index in [-0.39, 0.29) is 11.3 Å². The predicted molar refractivity (Wildman–Crippen MR) is 87.5 cm³/mol. The minimum absolute atomic E-state index is 0.00969. The molecule has 1 atom stereocenters. The lowest BCUT2D eigenvalue weighted by atomic mass is 9.88. The van der Waals surface area contributed by atoms with E-state index in [4.69, 9.17) is 4.74 Å². The minimum atomic E-state index is -2.86. The number of morpholine rings is 1. The molecule has 0 saturated carbocycles. The van der Waals surface area contributed by atoms with Gasteiger partial charge in [0.25, 0.3) is 0 Å². The largest absolute Gasteiger partial charge is 0.379 e. The predicted octanol–water partition coefficient (Wildman–Crippen LogP) is 1.29. The second-order valence-electron chi connectivity index (χ2n) is 6.24. The van der Waals surface area contributed by atoms with Crippen molar-refractivity contribution in [1.29, 1.82) is 0 Å². The Hall–Kier alpha value is -0.170. The summed E-state index contributed by atoms with van der Waals surface area (Å²) in [5.41, 5.74) is 0.00969.